The van der Waals surface area contributed by atoms with Gasteiger partial charge in [0.2, 0.25) is 0 Å². The molecule has 0 atom stereocenters. The lowest BCUT2D eigenvalue weighted by Crippen LogP contribution is -2.11. The van der Waals surface area contributed by atoms with Crippen LogP contribution in [-0.4, -0.2) is 19.6 Å². The Morgan fingerprint density at radius 3 is 2.81 bits per heavy atom. The summed E-state index contributed by atoms with van der Waals surface area (Å²) in [5.41, 5.74) is 1.72. The Labute approximate surface area is 136 Å². The van der Waals surface area contributed by atoms with Gasteiger partial charge in [-0.05, 0) is 36.6 Å². The molecular weight excluding hydrogens is 354 g/mol. The first-order valence-corrected chi connectivity index (χ1v) is 8.44. The van der Waals surface area contributed by atoms with Crippen LogP contribution in [0.2, 0.25) is 0 Å². The Hall–Kier alpha value is -1.53. The standard InChI is InChI=1S/C15H16BrNO3S/c1-3-20-12-5-4-11(8-10(12)9-16)17-15(18)14-13(19-2)6-7-21-14/h4-8H,3,9H2,1-2H3,(H,17,18). The average Bonchev–Trinajstić information content (AvgIpc) is 2.97. The molecule has 1 amide bonds. The van der Waals surface area contributed by atoms with Gasteiger partial charge in [0.1, 0.15) is 16.4 Å². The predicted molar refractivity (Wildman–Crippen MR) is 89.1 cm³/mol. The van der Waals surface area contributed by atoms with Crippen molar-refractivity contribution in [1.29, 1.82) is 0 Å². The summed E-state index contributed by atoms with van der Waals surface area (Å²) in [6, 6.07) is 7.37. The zero-order chi connectivity index (χ0) is 15.2. The zero-order valence-electron chi connectivity index (χ0n) is 11.8. The fraction of sp³-hybridized carbons (Fsp3) is 0.267. The summed E-state index contributed by atoms with van der Waals surface area (Å²) in [7, 11) is 1.55. The highest BCUT2D eigenvalue weighted by atomic mass is 79.9. The van der Waals surface area contributed by atoms with E-state index < -0.39 is 0 Å². The Balaban J connectivity index is 2.18. The number of carbonyl (C=O) groups excluding carboxylic acids is 1. The van der Waals surface area contributed by atoms with Gasteiger partial charge in [0.15, 0.2) is 0 Å². The number of alkyl halides is 1. The van der Waals surface area contributed by atoms with E-state index in [2.05, 4.69) is 21.2 Å². The second-order valence-corrected chi connectivity index (χ2v) is 5.64. The number of ether oxygens (including phenoxy) is 2. The van der Waals surface area contributed by atoms with Crippen molar-refractivity contribution >= 4 is 38.9 Å². The summed E-state index contributed by atoms with van der Waals surface area (Å²) in [6.45, 7) is 2.55. The van der Waals surface area contributed by atoms with Crippen LogP contribution in [-0.2, 0) is 5.33 Å². The van der Waals surface area contributed by atoms with Gasteiger partial charge >= 0.3 is 0 Å². The number of anilines is 1. The van der Waals surface area contributed by atoms with Gasteiger partial charge in [-0.1, -0.05) is 15.9 Å². The maximum absolute atomic E-state index is 12.2. The monoisotopic (exact) mass is 369 g/mol. The Bertz CT molecular complexity index is 627. The SMILES string of the molecule is CCOc1ccc(NC(=O)c2sccc2OC)cc1CBr. The summed E-state index contributed by atoms with van der Waals surface area (Å²) in [4.78, 5) is 12.8. The van der Waals surface area contributed by atoms with Crippen LogP contribution in [0, 0.1) is 0 Å². The van der Waals surface area contributed by atoms with Crippen molar-refractivity contribution in [2.75, 3.05) is 19.0 Å². The number of hydrogen-bond donors (Lipinski definition) is 1. The zero-order valence-corrected chi connectivity index (χ0v) is 14.2. The molecule has 1 N–H and O–H groups in total. The summed E-state index contributed by atoms with van der Waals surface area (Å²) in [5.74, 6) is 1.23. The normalized spacial score (nSPS) is 10.2. The first-order valence-electron chi connectivity index (χ1n) is 6.44. The largest absolute Gasteiger partial charge is 0.495 e. The van der Waals surface area contributed by atoms with Crippen molar-refractivity contribution in [3.8, 4) is 11.5 Å². The molecule has 2 rings (SSSR count). The van der Waals surface area contributed by atoms with Gasteiger partial charge < -0.3 is 14.8 Å². The fourth-order valence-electron chi connectivity index (χ4n) is 1.87. The molecule has 0 aliphatic carbocycles. The van der Waals surface area contributed by atoms with E-state index in [4.69, 9.17) is 9.47 Å². The van der Waals surface area contributed by atoms with E-state index in [0.29, 0.717) is 22.6 Å². The van der Waals surface area contributed by atoms with Crippen molar-refractivity contribution in [2.24, 2.45) is 0 Å². The molecule has 0 saturated carbocycles. The van der Waals surface area contributed by atoms with E-state index >= 15 is 0 Å². The first-order chi connectivity index (χ1) is 10.2. The van der Waals surface area contributed by atoms with E-state index in [0.717, 1.165) is 17.0 Å². The number of methoxy groups -OCH3 is 1. The molecule has 1 aromatic carbocycles. The first kappa shape index (κ1) is 15.9. The summed E-state index contributed by atoms with van der Waals surface area (Å²) in [6.07, 6.45) is 0. The van der Waals surface area contributed by atoms with Gasteiger partial charge in [-0.3, -0.25) is 4.79 Å². The number of halogens is 1. The van der Waals surface area contributed by atoms with Crippen molar-refractivity contribution < 1.29 is 14.3 Å². The second kappa shape index (κ2) is 7.47. The highest BCUT2D eigenvalue weighted by Crippen LogP contribution is 2.28. The maximum Gasteiger partial charge on any atom is 0.269 e. The molecule has 1 aromatic heterocycles. The van der Waals surface area contributed by atoms with E-state index in [-0.39, 0.29) is 5.91 Å². The number of benzene rings is 1. The van der Waals surface area contributed by atoms with Crippen molar-refractivity contribution in [3.05, 3.63) is 40.1 Å². The molecule has 0 unspecified atom stereocenters. The number of amides is 1. The molecule has 0 radical (unpaired) electrons. The Morgan fingerprint density at radius 2 is 2.14 bits per heavy atom. The third kappa shape index (κ3) is 3.77. The highest BCUT2D eigenvalue weighted by molar-refractivity contribution is 9.08. The van der Waals surface area contributed by atoms with Crippen LogP contribution in [0.1, 0.15) is 22.2 Å². The van der Waals surface area contributed by atoms with Crippen molar-refractivity contribution in [2.45, 2.75) is 12.3 Å². The van der Waals surface area contributed by atoms with E-state index in [1.807, 2.05) is 30.5 Å². The van der Waals surface area contributed by atoms with E-state index in [1.54, 1.807) is 13.2 Å². The van der Waals surface area contributed by atoms with Gasteiger partial charge in [-0.25, -0.2) is 0 Å². The third-order valence-corrected chi connectivity index (χ3v) is 4.32. The highest BCUT2D eigenvalue weighted by Gasteiger charge is 2.14. The molecule has 0 aliphatic rings. The van der Waals surface area contributed by atoms with E-state index in [1.165, 1.54) is 11.3 Å². The number of thiophene rings is 1. The van der Waals surface area contributed by atoms with Gasteiger partial charge in [0, 0.05) is 16.6 Å². The molecule has 21 heavy (non-hydrogen) atoms. The smallest absolute Gasteiger partial charge is 0.269 e. The van der Waals surface area contributed by atoms with Crippen LogP contribution in [0.3, 0.4) is 0 Å². The van der Waals surface area contributed by atoms with Gasteiger partial charge in [0.25, 0.3) is 5.91 Å². The van der Waals surface area contributed by atoms with Gasteiger partial charge in [-0.2, -0.15) is 0 Å². The molecule has 0 bridgehead atoms. The van der Waals surface area contributed by atoms with Crippen LogP contribution in [0.15, 0.2) is 29.6 Å². The topological polar surface area (TPSA) is 47.6 Å². The second-order valence-electron chi connectivity index (χ2n) is 4.16. The molecule has 1 heterocycles. The van der Waals surface area contributed by atoms with Crippen LogP contribution in [0.4, 0.5) is 5.69 Å². The summed E-state index contributed by atoms with van der Waals surface area (Å²) < 4.78 is 10.7. The molecule has 6 heteroatoms. The molecule has 0 saturated heterocycles. The minimum absolute atomic E-state index is 0.175. The molecule has 2 aromatic rings. The molecular formula is C15H16BrNO3S. The van der Waals surface area contributed by atoms with Gasteiger partial charge in [-0.15, -0.1) is 11.3 Å². The number of rotatable bonds is 6. The summed E-state index contributed by atoms with van der Waals surface area (Å²) in [5, 5.41) is 5.37. The van der Waals surface area contributed by atoms with Crippen LogP contribution in [0.5, 0.6) is 11.5 Å². The average molecular weight is 370 g/mol. The lowest BCUT2D eigenvalue weighted by molar-refractivity contribution is 0.102. The Morgan fingerprint density at radius 1 is 1.33 bits per heavy atom. The number of nitrogens with one attached hydrogen (secondary N) is 1. The fourth-order valence-corrected chi connectivity index (χ4v) is 3.06. The minimum atomic E-state index is -0.175. The molecule has 112 valence electrons. The maximum atomic E-state index is 12.2. The molecule has 0 aliphatic heterocycles. The van der Waals surface area contributed by atoms with Crippen LogP contribution < -0.4 is 14.8 Å². The van der Waals surface area contributed by atoms with Crippen LogP contribution in [0.25, 0.3) is 0 Å². The molecule has 0 fully saturated rings. The van der Waals surface area contributed by atoms with Gasteiger partial charge in [0.05, 0.1) is 13.7 Å². The predicted octanol–water partition coefficient (Wildman–Crippen LogP) is 4.30. The van der Waals surface area contributed by atoms with Crippen molar-refractivity contribution in [3.63, 3.8) is 0 Å². The molecule has 4 nitrogen and oxygen atoms in total. The lowest BCUT2D eigenvalue weighted by Gasteiger charge is -2.11. The van der Waals surface area contributed by atoms with E-state index in [9.17, 15) is 4.79 Å². The quantitative estimate of drug-likeness (QED) is 0.772. The van der Waals surface area contributed by atoms with Crippen LogP contribution >= 0.6 is 27.3 Å². The summed E-state index contributed by atoms with van der Waals surface area (Å²) >= 11 is 4.78. The Kier molecular flexibility index (Phi) is 5.64. The minimum Gasteiger partial charge on any atom is -0.495 e. The third-order valence-electron chi connectivity index (χ3n) is 2.82. The number of hydrogen-bond acceptors (Lipinski definition) is 4. The van der Waals surface area contributed by atoms with Crippen molar-refractivity contribution in [1.82, 2.24) is 0 Å². The number of carbonyl (C=O) groups is 1. The lowest BCUT2D eigenvalue weighted by atomic mass is 10.2. The molecule has 0 spiro atoms.